The fourth-order valence-corrected chi connectivity index (χ4v) is 4.09. The lowest BCUT2D eigenvalue weighted by Crippen LogP contribution is -2.53. The molecule has 0 spiro atoms. The van der Waals surface area contributed by atoms with Gasteiger partial charge in [0.05, 0.1) is 18.6 Å². The molecule has 0 aromatic carbocycles. The van der Waals surface area contributed by atoms with Crippen molar-refractivity contribution in [3.63, 3.8) is 0 Å². The van der Waals surface area contributed by atoms with Crippen LogP contribution in [0.1, 0.15) is 70.6 Å². The molecule has 5 heteroatoms. The Morgan fingerprint density at radius 2 is 1.48 bits per heavy atom. The van der Waals surface area contributed by atoms with E-state index in [4.69, 9.17) is 5.11 Å². The monoisotopic (exact) mass is 297 g/mol. The lowest BCUT2D eigenvalue weighted by atomic mass is 9.78. The molecule has 2 aliphatic carbocycles. The van der Waals surface area contributed by atoms with E-state index in [9.17, 15) is 14.7 Å². The molecule has 2 fully saturated rings. The lowest BCUT2D eigenvalue weighted by molar-refractivity contribution is -0.140. The van der Waals surface area contributed by atoms with Gasteiger partial charge in [-0.3, -0.25) is 9.59 Å². The van der Waals surface area contributed by atoms with Crippen molar-refractivity contribution >= 4 is 11.9 Å². The van der Waals surface area contributed by atoms with Crippen LogP contribution in [0, 0.1) is 5.41 Å². The summed E-state index contributed by atoms with van der Waals surface area (Å²) >= 11 is 0. The zero-order chi connectivity index (χ0) is 15.3. The molecular weight excluding hydrogens is 270 g/mol. The van der Waals surface area contributed by atoms with Gasteiger partial charge in [-0.15, -0.1) is 0 Å². The summed E-state index contributed by atoms with van der Waals surface area (Å²) in [7, 11) is 0. The van der Waals surface area contributed by atoms with E-state index in [2.05, 4.69) is 5.32 Å². The van der Waals surface area contributed by atoms with Crippen molar-refractivity contribution < 1.29 is 19.8 Å². The molecule has 0 aromatic rings. The average Bonchev–Trinajstić information content (AvgIpc) is 2.86. The average molecular weight is 297 g/mol. The molecule has 0 heterocycles. The third-order valence-electron chi connectivity index (χ3n) is 5.24. The van der Waals surface area contributed by atoms with Gasteiger partial charge < -0.3 is 15.5 Å². The molecule has 2 saturated carbocycles. The van der Waals surface area contributed by atoms with Gasteiger partial charge in [0.1, 0.15) is 0 Å². The van der Waals surface area contributed by atoms with E-state index in [-0.39, 0.29) is 30.8 Å². The van der Waals surface area contributed by atoms with Crippen LogP contribution in [0.15, 0.2) is 0 Å². The van der Waals surface area contributed by atoms with Crippen LogP contribution in [0.5, 0.6) is 0 Å². The minimum absolute atomic E-state index is 0.0231. The lowest BCUT2D eigenvalue weighted by Gasteiger charge is -2.37. The van der Waals surface area contributed by atoms with Crippen LogP contribution in [0.3, 0.4) is 0 Å². The zero-order valence-corrected chi connectivity index (χ0v) is 12.7. The number of carbonyl (C=O) groups is 2. The van der Waals surface area contributed by atoms with E-state index >= 15 is 0 Å². The van der Waals surface area contributed by atoms with E-state index in [1.54, 1.807) is 0 Å². The minimum atomic E-state index is -0.820. The van der Waals surface area contributed by atoms with Gasteiger partial charge in [-0.2, -0.15) is 0 Å². The number of hydrogen-bond acceptors (Lipinski definition) is 3. The molecular formula is C16H27NO4. The van der Waals surface area contributed by atoms with Crippen molar-refractivity contribution in [2.75, 3.05) is 6.61 Å². The number of aliphatic hydroxyl groups is 1. The highest BCUT2D eigenvalue weighted by atomic mass is 16.4. The second-order valence-electron chi connectivity index (χ2n) is 7.00. The summed E-state index contributed by atoms with van der Waals surface area (Å²) in [5.41, 5.74) is -0.848. The van der Waals surface area contributed by atoms with E-state index in [0.717, 1.165) is 57.8 Å². The third kappa shape index (κ3) is 4.19. The van der Waals surface area contributed by atoms with Gasteiger partial charge in [-0.05, 0) is 31.1 Å². The maximum absolute atomic E-state index is 12.4. The molecule has 3 N–H and O–H groups in total. The van der Waals surface area contributed by atoms with Crippen LogP contribution in [-0.4, -0.2) is 34.2 Å². The van der Waals surface area contributed by atoms with Crippen molar-refractivity contribution in [2.24, 2.45) is 5.41 Å². The quantitative estimate of drug-likeness (QED) is 0.701. The number of aliphatic carboxylic acids is 1. The normalized spacial score (nSPS) is 23.7. The molecule has 0 saturated heterocycles. The Hall–Kier alpha value is -1.10. The highest BCUT2D eigenvalue weighted by molar-refractivity contribution is 5.79. The van der Waals surface area contributed by atoms with Crippen LogP contribution in [0.4, 0.5) is 0 Å². The van der Waals surface area contributed by atoms with E-state index in [1.807, 2.05) is 0 Å². The molecule has 0 aliphatic heterocycles. The summed E-state index contributed by atoms with van der Waals surface area (Å²) < 4.78 is 0. The molecule has 5 nitrogen and oxygen atoms in total. The standard InChI is InChI=1S/C16H27NO4/c18-12-16(8-2-1-3-9-16)17-13(19)10-15(11-14(20)21)6-4-5-7-15/h18H,1-12H2,(H,17,19)(H,20,21). The minimum Gasteiger partial charge on any atom is -0.481 e. The van der Waals surface area contributed by atoms with E-state index in [1.165, 1.54) is 0 Å². The molecule has 21 heavy (non-hydrogen) atoms. The second-order valence-corrected chi connectivity index (χ2v) is 7.00. The predicted octanol–water partition coefficient (Wildman–Crippen LogP) is 2.22. The Morgan fingerprint density at radius 3 is 2.00 bits per heavy atom. The number of carboxylic acids is 1. The SMILES string of the molecule is O=C(O)CC1(CC(=O)NC2(CO)CCCCC2)CCCC1. The summed E-state index contributed by atoms with van der Waals surface area (Å²) in [4.78, 5) is 23.5. The summed E-state index contributed by atoms with van der Waals surface area (Å²) in [6.07, 6.45) is 8.85. The van der Waals surface area contributed by atoms with Crippen LogP contribution < -0.4 is 5.32 Å². The summed E-state index contributed by atoms with van der Waals surface area (Å²) in [6.45, 7) is -0.0231. The van der Waals surface area contributed by atoms with Crippen molar-refractivity contribution in [3.05, 3.63) is 0 Å². The highest BCUT2D eigenvalue weighted by Crippen LogP contribution is 2.44. The largest absolute Gasteiger partial charge is 0.481 e. The van der Waals surface area contributed by atoms with Gasteiger partial charge in [-0.25, -0.2) is 0 Å². The third-order valence-corrected chi connectivity index (χ3v) is 5.24. The fourth-order valence-electron chi connectivity index (χ4n) is 4.09. The summed E-state index contributed by atoms with van der Waals surface area (Å²) in [5, 5.41) is 21.8. The first-order chi connectivity index (χ1) is 9.99. The summed E-state index contributed by atoms with van der Waals surface area (Å²) in [5.74, 6) is -0.909. The first-order valence-electron chi connectivity index (χ1n) is 8.13. The van der Waals surface area contributed by atoms with Gasteiger partial charge >= 0.3 is 5.97 Å². The van der Waals surface area contributed by atoms with Crippen LogP contribution in [0.25, 0.3) is 0 Å². The van der Waals surface area contributed by atoms with Crippen LogP contribution >= 0.6 is 0 Å². The number of carboxylic acid groups (broad SMARTS) is 1. The molecule has 0 unspecified atom stereocenters. The van der Waals surface area contributed by atoms with Crippen molar-refractivity contribution in [3.8, 4) is 0 Å². The molecule has 0 bridgehead atoms. The van der Waals surface area contributed by atoms with Gasteiger partial charge in [-0.1, -0.05) is 32.1 Å². The molecule has 0 radical (unpaired) electrons. The van der Waals surface area contributed by atoms with E-state index in [0.29, 0.717) is 0 Å². The summed E-state index contributed by atoms with van der Waals surface area (Å²) in [6, 6.07) is 0. The predicted molar refractivity (Wildman–Crippen MR) is 78.8 cm³/mol. The maximum atomic E-state index is 12.4. The molecule has 2 aliphatic rings. The number of amides is 1. The molecule has 0 aromatic heterocycles. The van der Waals surface area contributed by atoms with Gasteiger partial charge in [0.15, 0.2) is 0 Å². The van der Waals surface area contributed by atoms with Crippen LogP contribution in [0.2, 0.25) is 0 Å². The molecule has 0 atom stereocenters. The Bertz CT molecular complexity index is 382. The second kappa shape index (κ2) is 6.77. The molecule has 1 amide bonds. The van der Waals surface area contributed by atoms with Crippen molar-refractivity contribution in [1.82, 2.24) is 5.32 Å². The van der Waals surface area contributed by atoms with Gasteiger partial charge in [0.25, 0.3) is 0 Å². The number of aliphatic hydroxyl groups excluding tert-OH is 1. The Labute approximate surface area is 126 Å². The number of carbonyl (C=O) groups excluding carboxylic acids is 1. The fraction of sp³-hybridized carbons (Fsp3) is 0.875. The number of hydrogen-bond donors (Lipinski definition) is 3. The Kier molecular flexibility index (Phi) is 5.25. The number of rotatable bonds is 6. The van der Waals surface area contributed by atoms with Gasteiger partial charge in [0.2, 0.25) is 5.91 Å². The van der Waals surface area contributed by atoms with Crippen LogP contribution in [-0.2, 0) is 9.59 Å². The first kappa shape index (κ1) is 16.3. The zero-order valence-electron chi connectivity index (χ0n) is 12.7. The Balaban J connectivity index is 1.97. The van der Waals surface area contributed by atoms with Crippen molar-refractivity contribution in [2.45, 2.75) is 76.2 Å². The molecule has 2 rings (SSSR count). The van der Waals surface area contributed by atoms with Gasteiger partial charge in [0, 0.05) is 6.42 Å². The number of nitrogens with one attached hydrogen (secondary N) is 1. The maximum Gasteiger partial charge on any atom is 0.303 e. The topological polar surface area (TPSA) is 86.6 Å². The van der Waals surface area contributed by atoms with Crippen molar-refractivity contribution in [1.29, 1.82) is 0 Å². The highest BCUT2D eigenvalue weighted by Gasteiger charge is 2.40. The molecule has 120 valence electrons. The van der Waals surface area contributed by atoms with E-state index < -0.39 is 11.5 Å². The first-order valence-corrected chi connectivity index (χ1v) is 8.13. The smallest absolute Gasteiger partial charge is 0.303 e. The Morgan fingerprint density at radius 1 is 0.905 bits per heavy atom.